The fourth-order valence-electron chi connectivity index (χ4n) is 2.77. The van der Waals surface area contributed by atoms with Gasteiger partial charge in [-0.05, 0) is 36.8 Å². The third-order valence-corrected chi connectivity index (χ3v) is 4.67. The van der Waals surface area contributed by atoms with Gasteiger partial charge >= 0.3 is 0 Å². The second-order valence-electron chi connectivity index (χ2n) is 5.53. The van der Waals surface area contributed by atoms with Crippen LogP contribution < -0.4 is 11.1 Å². The van der Waals surface area contributed by atoms with Gasteiger partial charge in [0, 0.05) is 17.3 Å². The maximum atomic E-state index is 12.7. The zero-order valence-corrected chi connectivity index (χ0v) is 13.7. The molecule has 0 aliphatic carbocycles. The Morgan fingerprint density at radius 2 is 2.00 bits per heavy atom. The molecule has 6 heteroatoms. The number of amides is 1. The zero-order valence-electron chi connectivity index (χ0n) is 12.9. The molecule has 0 fully saturated rings. The van der Waals surface area contributed by atoms with Crippen molar-refractivity contribution in [2.45, 2.75) is 6.92 Å². The number of fused-ring (bicyclic) bond motifs is 2. The summed E-state index contributed by atoms with van der Waals surface area (Å²) < 4.78 is 0.957. The first-order valence-corrected chi connectivity index (χ1v) is 8.25. The predicted molar refractivity (Wildman–Crippen MR) is 98.5 cm³/mol. The Bertz CT molecular complexity index is 1080. The molecule has 0 saturated carbocycles. The quantitative estimate of drug-likeness (QED) is 0.581. The zero-order chi connectivity index (χ0) is 16.7. The van der Waals surface area contributed by atoms with Crippen molar-refractivity contribution in [2.75, 3.05) is 11.1 Å². The Hall–Kier alpha value is -2.99. The number of thiazole rings is 1. The van der Waals surface area contributed by atoms with Gasteiger partial charge in [-0.2, -0.15) is 0 Å². The number of hydrogen-bond acceptors (Lipinski definition) is 5. The van der Waals surface area contributed by atoms with Crippen LogP contribution in [-0.2, 0) is 0 Å². The van der Waals surface area contributed by atoms with Crippen molar-refractivity contribution in [1.29, 1.82) is 0 Å². The van der Waals surface area contributed by atoms with Gasteiger partial charge in [-0.1, -0.05) is 29.5 Å². The molecule has 118 valence electrons. The van der Waals surface area contributed by atoms with Crippen molar-refractivity contribution in [2.24, 2.45) is 0 Å². The van der Waals surface area contributed by atoms with Crippen LogP contribution in [0.15, 0.2) is 48.7 Å². The Balaban J connectivity index is 1.73. The first-order valence-electron chi connectivity index (χ1n) is 7.43. The van der Waals surface area contributed by atoms with E-state index in [1.165, 1.54) is 11.3 Å². The van der Waals surface area contributed by atoms with Crippen LogP contribution in [0.2, 0.25) is 0 Å². The van der Waals surface area contributed by atoms with E-state index in [-0.39, 0.29) is 5.91 Å². The minimum Gasteiger partial charge on any atom is -0.375 e. The molecule has 4 aromatic rings. The van der Waals surface area contributed by atoms with E-state index in [4.69, 9.17) is 5.73 Å². The van der Waals surface area contributed by atoms with Crippen molar-refractivity contribution >= 4 is 49.2 Å². The standard InChI is InChI=1S/C18H14N4OS/c1-10-8-12(9-14-15(10)22-18(19)24-14)21-17(23)13-6-2-4-11-5-3-7-20-16(11)13/h2-9H,1H3,(H2,19,22)(H,21,23). The van der Waals surface area contributed by atoms with Gasteiger partial charge in [0.1, 0.15) is 0 Å². The van der Waals surface area contributed by atoms with Crippen LogP contribution in [0.25, 0.3) is 21.1 Å². The SMILES string of the molecule is Cc1cc(NC(=O)c2cccc3cccnc23)cc2sc(N)nc12. The van der Waals surface area contributed by atoms with Crippen LogP contribution in [0.4, 0.5) is 10.8 Å². The maximum Gasteiger partial charge on any atom is 0.257 e. The number of nitrogens with zero attached hydrogens (tertiary/aromatic N) is 2. The summed E-state index contributed by atoms with van der Waals surface area (Å²) in [7, 11) is 0. The molecule has 0 aliphatic rings. The van der Waals surface area contributed by atoms with E-state index in [9.17, 15) is 4.79 Å². The van der Waals surface area contributed by atoms with Gasteiger partial charge < -0.3 is 11.1 Å². The first-order chi connectivity index (χ1) is 11.6. The van der Waals surface area contributed by atoms with Crippen LogP contribution in [0, 0.1) is 6.92 Å². The normalized spacial score (nSPS) is 11.0. The third kappa shape index (κ3) is 2.47. The molecule has 2 heterocycles. The van der Waals surface area contributed by atoms with Gasteiger partial charge in [0.25, 0.3) is 5.91 Å². The van der Waals surface area contributed by atoms with E-state index >= 15 is 0 Å². The van der Waals surface area contributed by atoms with Crippen LogP contribution in [0.1, 0.15) is 15.9 Å². The molecule has 0 spiro atoms. The lowest BCUT2D eigenvalue weighted by Gasteiger charge is -2.08. The fourth-order valence-corrected chi connectivity index (χ4v) is 3.62. The van der Waals surface area contributed by atoms with Crippen molar-refractivity contribution in [1.82, 2.24) is 9.97 Å². The highest BCUT2D eigenvalue weighted by Gasteiger charge is 2.13. The molecule has 0 atom stereocenters. The van der Waals surface area contributed by atoms with Gasteiger partial charge in [0.15, 0.2) is 5.13 Å². The van der Waals surface area contributed by atoms with Crippen LogP contribution in [-0.4, -0.2) is 15.9 Å². The van der Waals surface area contributed by atoms with E-state index in [0.29, 0.717) is 16.2 Å². The van der Waals surface area contributed by atoms with E-state index in [0.717, 1.165) is 26.9 Å². The van der Waals surface area contributed by atoms with E-state index in [2.05, 4.69) is 15.3 Å². The number of hydrogen-bond donors (Lipinski definition) is 2. The molecule has 0 bridgehead atoms. The number of nitrogens with two attached hydrogens (primary N) is 1. The molecule has 0 aliphatic heterocycles. The Morgan fingerprint density at radius 3 is 2.88 bits per heavy atom. The third-order valence-electron chi connectivity index (χ3n) is 3.84. The highest BCUT2D eigenvalue weighted by Crippen LogP contribution is 2.30. The molecule has 24 heavy (non-hydrogen) atoms. The number of aromatic nitrogens is 2. The average Bonchev–Trinajstić information content (AvgIpc) is 2.95. The first kappa shape index (κ1) is 14.6. The summed E-state index contributed by atoms with van der Waals surface area (Å²) in [6.45, 7) is 1.95. The number of anilines is 2. The summed E-state index contributed by atoms with van der Waals surface area (Å²) in [5, 5.41) is 4.41. The summed E-state index contributed by atoms with van der Waals surface area (Å²) in [5.41, 5.74) is 9.60. The number of nitrogen functional groups attached to an aromatic ring is 1. The molecule has 5 nitrogen and oxygen atoms in total. The van der Waals surface area contributed by atoms with Crippen molar-refractivity contribution in [3.8, 4) is 0 Å². The number of rotatable bonds is 2. The van der Waals surface area contributed by atoms with Gasteiger partial charge in [0.2, 0.25) is 0 Å². The van der Waals surface area contributed by atoms with E-state index < -0.39 is 0 Å². The Morgan fingerprint density at radius 1 is 1.17 bits per heavy atom. The molecule has 2 aromatic carbocycles. The Labute approximate surface area is 142 Å². The largest absolute Gasteiger partial charge is 0.375 e. The lowest BCUT2D eigenvalue weighted by Crippen LogP contribution is -2.12. The van der Waals surface area contributed by atoms with E-state index in [1.807, 2.05) is 43.3 Å². The summed E-state index contributed by atoms with van der Waals surface area (Å²) in [4.78, 5) is 21.3. The highest BCUT2D eigenvalue weighted by molar-refractivity contribution is 7.22. The average molecular weight is 334 g/mol. The van der Waals surface area contributed by atoms with Gasteiger partial charge in [-0.25, -0.2) is 4.98 Å². The molecule has 3 N–H and O–H groups in total. The van der Waals surface area contributed by atoms with Crippen LogP contribution >= 0.6 is 11.3 Å². The van der Waals surface area contributed by atoms with Gasteiger partial charge in [-0.15, -0.1) is 0 Å². The molecule has 0 saturated heterocycles. The van der Waals surface area contributed by atoms with Crippen molar-refractivity contribution in [3.63, 3.8) is 0 Å². The van der Waals surface area contributed by atoms with Gasteiger partial charge in [0.05, 0.1) is 21.3 Å². The molecular weight excluding hydrogens is 320 g/mol. The summed E-state index contributed by atoms with van der Waals surface area (Å²) in [6.07, 6.45) is 1.69. The predicted octanol–water partition coefficient (Wildman–Crippen LogP) is 3.99. The lowest BCUT2D eigenvalue weighted by atomic mass is 10.1. The monoisotopic (exact) mass is 334 g/mol. The molecule has 4 rings (SSSR count). The number of pyridine rings is 1. The minimum absolute atomic E-state index is 0.185. The second-order valence-corrected chi connectivity index (χ2v) is 6.59. The highest BCUT2D eigenvalue weighted by atomic mass is 32.1. The summed E-state index contributed by atoms with van der Waals surface area (Å²) in [5.74, 6) is -0.185. The topological polar surface area (TPSA) is 80.9 Å². The van der Waals surface area contributed by atoms with Crippen molar-refractivity contribution in [3.05, 3.63) is 59.8 Å². The van der Waals surface area contributed by atoms with Gasteiger partial charge in [-0.3, -0.25) is 9.78 Å². The number of aryl methyl sites for hydroxylation is 1. The summed E-state index contributed by atoms with van der Waals surface area (Å²) >= 11 is 1.41. The number of carbonyl (C=O) groups is 1. The minimum atomic E-state index is -0.185. The number of carbonyl (C=O) groups excluding carboxylic acids is 1. The number of para-hydroxylation sites is 1. The lowest BCUT2D eigenvalue weighted by molar-refractivity contribution is 0.102. The Kier molecular flexibility index (Phi) is 3.39. The fraction of sp³-hybridized carbons (Fsp3) is 0.0556. The molecule has 0 unspecified atom stereocenters. The molecular formula is C18H14N4OS. The molecule has 1 amide bonds. The summed E-state index contributed by atoms with van der Waals surface area (Å²) in [6, 6.07) is 13.2. The van der Waals surface area contributed by atoms with Crippen LogP contribution in [0.5, 0.6) is 0 Å². The second kappa shape index (κ2) is 5.58. The number of nitrogens with one attached hydrogen (secondary N) is 1. The molecule has 0 radical (unpaired) electrons. The maximum absolute atomic E-state index is 12.7. The van der Waals surface area contributed by atoms with E-state index in [1.54, 1.807) is 12.3 Å². The molecule has 2 aromatic heterocycles. The smallest absolute Gasteiger partial charge is 0.257 e. The van der Waals surface area contributed by atoms with Crippen molar-refractivity contribution < 1.29 is 4.79 Å². The number of benzene rings is 2. The van der Waals surface area contributed by atoms with Crippen LogP contribution in [0.3, 0.4) is 0 Å².